The molecular formula is C13H23N3. The fourth-order valence-corrected chi connectivity index (χ4v) is 1.75. The van der Waals surface area contributed by atoms with Crippen molar-refractivity contribution in [3.63, 3.8) is 0 Å². The summed E-state index contributed by atoms with van der Waals surface area (Å²) in [6, 6.07) is 4.71. The van der Waals surface area contributed by atoms with E-state index < -0.39 is 0 Å². The van der Waals surface area contributed by atoms with E-state index in [0.717, 1.165) is 31.0 Å². The molecule has 3 heteroatoms. The summed E-state index contributed by atoms with van der Waals surface area (Å²) in [4.78, 5) is 6.81. The van der Waals surface area contributed by atoms with E-state index in [9.17, 15) is 0 Å². The smallest absolute Gasteiger partial charge is 0.0564 e. The highest BCUT2D eigenvalue weighted by molar-refractivity contribution is 5.42. The van der Waals surface area contributed by atoms with E-state index in [1.165, 1.54) is 0 Å². The van der Waals surface area contributed by atoms with E-state index in [0.29, 0.717) is 6.04 Å². The van der Waals surface area contributed by atoms with Crippen molar-refractivity contribution in [3.05, 3.63) is 24.0 Å². The quantitative estimate of drug-likeness (QED) is 0.800. The summed E-state index contributed by atoms with van der Waals surface area (Å²) in [7, 11) is 0. The lowest BCUT2D eigenvalue weighted by Gasteiger charge is -2.24. The van der Waals surface area contributed by atoms with Gasteiger partial charge in [0.25, 0.3) is 0 Å². The van der Waals surface area contributed by atoms with E-state index in [1.807, 2.05) is 12.3 Å². The molecule has 16 heavy (non-hydrogen) atoms. The third-order valence-corrected chi connectivity index (χ3v) is 2.70. The Morgan fingerprint density at radius 1 is 1.38 bits per heavy atom. The molecule has 0 saturated carbocycles. The van der Waals surface area contributed by atoms with Gasteiger partial charge in [0.1, 0.15) is 0 Å². The van der Waals surface area contributed by atoms with Gasteiger partial charge in [-0.15, -0.1) is 0 Å². The second-order valence-electron chi connectivity index (χ2n) is 4.22. The van der Waals surface area contributed by atoms with Gasteiger partial charge >= 0.3 is 0 Å². The highest BCUT2D eigenvalue weighted by Crippen LogP contribution is 2.11. The number of anilines is 1. The normalized spacial score (nSPS) is 11.1. The van der Waals surface area contributed by atoms with Crippen molar-refractivity contribution in [2.24, 2.45) is 0 Å². The van der Waals surface area contributed by atoms with Gasteiger partial charge in [-0.05, 0) is 39.4 Å². The van der Waals surface area contributed by atoms with Crippen LogP contribution in [0.1, 0.15) is 33.4 Å². The molecule has 0 aromatic carbocycles. The van der Waals surface area contributed by atoms with Gasteiger partial charge in [0, 0.05) is 31.0 Å². The van der Waals surface area contributed by atoms with Crippen molar-refractivity contribution in [3.8, 4) is 0 Å². The van der Waals surface area contributed by atoms with Gasteiger partial charge in [-0.2, -0.15) is 0 Å². The average Bonchev–Trinajstić information content (AvgIpc) is 2.26. The number of aromatic nitrogens is 1. The molecule has 0 aliphatic carbocycles. The molecule has 0 bridgehead atoms. The van der Waals surface area contributed by atoms with Gasteiger partial charge in [0.15, 0.2) is 0 Å². The van der Waals surface area contributed by atoms with Crippen LogP contribution in [0.15, 0.2) is 18.3 Å². The molecule has 1 aromatic heterocycles. The van der Waals surface area contributed by atoms with Crippen molar-refractivity contribution in [2.75, 3.05) is 18.4 Å². The minimum absolute atomic E-state index is 0.564. The van der Waals surface area contributed by atoms with Crippen LogP contribution in [0.3, 0.4) is 0 Å². The summed E-state index contributed by atoms with van der Waals surface area (Å²) < 4.78 is 0. The van der Waals surface area contributed by atoms with Crippen molar-refractivity contribution in [1.82, 2.24) is 9.88 Å². The predicted octanol–water partition coefficient (Wildman–Crippen LogP) is 2.74. The van der Waals surface area contributed by atoms with E-state index in [1.54, 1.807) is 0 Å². The summed E-state index contributed by atoms with van der Waals surface area (Å²) in [5.41, 5.74) is 2.29. The number of nitrogens with zero attached hydrogens (tertiary/aromatic N) is 2. The van der Waals surface area contributed by atoms with Crippen LogP contribution in [0.25, 0.3) is 0 Å². The summed E-state index contributed by atoms with van der Waals surface area (Å²) in [5.74, 6) is 0. The van der Waals surface area contributed by atoms with Crippen LogP contribution in [0, 0.1) is 0 Å². The van der Waals surface area contributed by atoms with E-state index in [2.05, 4.69) is 49.0 Å². The Hall–Kier alpha value is -1.09. The van der Waals surface area contributed by atoms with Crippen LogP contribution >= 0.6 is 0 Å². The molecule has 0 fully saturated rings. The maximum absolute atomic E-state index is 4.41. The number of pyridine rings is 1. The van der Waals surface area contributed by atoms with Gasteiger partial charge in [-0.1, -0.05) is 6.92 Å². The Balaban J connectivity index is 2.68. The van der Waals surface area contributed by atoms with Gasteiger partial charge in [0.2, 0.25) is 0 Å². The minimum atomic E-state index is 0.564. The van der Waals surface area contributed by atoms with Gasteiger partial charge < -0.3 is 5.32 Å². The van der Waals surface area contributed by atoms with Crippen LogP contribution in [0.5, 0.6) is 0 Å². The molecule has 90 valence electrons. The first kappa shape index (κ1) is 13.0. The minimum Gasteiger partial charge on any atom is -0.385 e. The fraction of sp³-hybridized carbons (Fsp3) is 0.615. The maximum Gasteiger partial charge on any atom is 0.0564 e. The predicted molar refractivity (Wildman–Crippen MR) is 69.6 cm³/mol. The lowest BCUT2D eigenvalue weighted by molar-refractivity contribution is 0.222. The Morgan fingerprint density at radius 3 is 2.69 bits per heavy atom. The SMILES string of the molecule is CCNc1ccnc(CN(CC)C(C)C)c1. The maximum atomic E-state index is 4.41. The monoisotopic (exact) mass is 221 g/mol. The highest BCUT2D eigenvalue weighted by atomic mass is 15.1. The summed E-state index contributed by atoms with van der Waals surface area (Å²) in [6.07, 6.45) is 1.88. The number of hydrogen-bond donors (Lipinski definition) is 1. The number of rotatable bonds is 6. The van der Waals surface area contributed by atoms with Crippen LogP contribution in [0.2, 0.25) is 0 Å². The first-order valence-electron chi connectivity index (χ1n) is 6.10. The average molecular weight is 221 g/mol. The molecule has 1 heterocycles. The zero-order chi connectivity index (χ0) is 12.0. The lowest BCUT2D eigenvalue weighted by atomic mass is 10.2. The Labute approximate surface area is 98.9 Å². The molecule has 0 spiro atoms. The summed E-state index contributed by atoms with van der Waals surface area (Å²) in [5, 5.41) is 3.31. The summed E-state index contributed by atoms with van der Waals surface area (Å²) in [6.45, 7) is 11.7. The van der Waals surface area contributed by atoms with E-state index >= 15 is 0 Å². The standard InChI is InChI=1S/C13H23N3/c1-5-14-12-7-8-15-13(9-12)10-16(6-2)11(3)4/h7-9,11H,5-6,10H2,1-4H3,(H,14,15). The van der Waals surface area contributed by atoms with Crippen LogP contribution in [0.4, 0.5) is 5.69 Å². The Bertz CT molecular complexity index is 310. The molecule has 0 aliphatic rings. The Morgan fingerprint density at radius 2 is 2.12 bits per heavy atom. The molecule has 0 aliphatic heterocycles. The van der Waals surface area contributed by atoms with Gasteiger partial charge in [-0.3, -0.25) is 9.88 Å². The molecule has 0 saturated heterocycles. The first-order valence-corrected chi connectivity index (χ1v) is 6.10. The number of hydrogen-bond acceptors (Lipinski definition) is 3. The second kappa shape index (κ2) is 6.48. The largest absolute Gasteiger partial charge is 0.385 e. The molecule has 1 N–H and O–H groups in total. The fourth-order valence-electron chi connectivity index (χ4n) is 1.75. The van der Waals surface area contributed by atoms with Gasteiger partial charge in [0.05, 0.1) is 5.69 Å². The van der Waals surface area contributed by atoms with Crippen LogP contribution in [-0.2, 0) is 6.54 Å². The zero-order valence-electron chi connectivity index (χ0n) is 10.8. The van der Waals surface area contributed by atoms with Crippen LogP contribution in [-0.4, -0.2) is 29.0 Å². The highest BCUT2D eigenvalue weighted by Gasteiger charge is 2.08. The molecule has 0 unspecified atom stereocenters. The van der Waals surface area contributed by atoms with E-state index in [4.69, 9.17) is 0 Å². The number of nitrogens with one attached hydrogen (secondary N) is 1. The molecule has 1 rings (SSSR count). The summed E-state index contributed by atoms with van der Waals surface area (Å²) >= 11 is 0. The molecule has 1 aromatic rings. The van der Waals surface area contributed by atoms with Crippen molar-refractivity contribution in [2.45, 2.75) is 40.3 Å². The Kier molecular flexibility index (Phi) is 5.26. The van der Waals surface area contributed by atoms with Crippen molar-refractivity contribution in [1.29, 1.82) is 0 Å². The van der Waals surface area contributed by atoms with Crippen molar-refractivity contribution >= 4 is 5.69 Å². The molecular weight excluding hydrogens is 198 g/mol. The van der Waals surface area contributed by atoms with Crippen molar-refractivity contribution < 1.29 is 0 Å². The van der Waals surface area contributed by atoms with Gasteiger partial charge in [-0.25, -0.2) is 0 Å². The third-order valence-electron chi connectivity index (χ3n) is 2.70. The molecule has 0 amide bonds. The molecule has 0 radical (unpaired) electrons. The first-order chi connectivity index (χ1) is 7.67. The third kappa shape index (κ3) is 3.81. The lowest BCUT2D eigenvalue weighted by Crippen LogP contribution is -2.30. The zero-order valence-corrected chi connectivity index (χ0v) is 10.8. The topological polar surface area (TPSA) is 28.2 Å². The molecule has 0 atom stereocenters. The second-order valence-corrected chi connectivity index (χ2v) is 4.22. The molecule has 3 nitrogen and oxygen atoms in total. The van der Waals surface area contributed by atoms with Crippen LogP contribution < -0.4 is 5.32 Å². The van der Waals surface area contributed by atoms with E-state index in [-0.39, 0.29) is 0 Å².